The van der Waals surface area contributed by atoms with Gasteiger partial charge in [-0.05, 0) is 48.6 Å². The van der Waals surface area contributed by atoms with E-state index in [9.17, 15) is 9.59 Å². The molecule has 0 fully saturated rings. The van der Waals surface area contributed by atoms with E-state index < -0.39 is 11.9 Å². The lowest BCUT2D eigenvalue weighted by Crippen LogP contribution is -2.11. The molecule has 0 aliphatic heterocycles. The van der Waals surface area contributed by atoms with Crippen LogP contribution in [0, 0.1) is 0 Å². The summed E-state index contributed by atoms with van der Waals surface area (Å²) in [7, 11) is 6.16. The van der Waals surface area contributed by atoms with Crippen LogP contribution in [0.5, 0.6) is 23.0 Å². The van der Waals surface area contributed by atoms with Crippen LogP contribution in [0.25, 0.3) is 12.2 Å². The predicted octanol–water partition coefficient (Wildman–Crippen LogP) is 3.53. The highest BCUT2D eigenvalue weighted by atomic mass is 16.6. The fourth-order valence-corrected chi connectivity index (χ4v) is 2.64. The van der Waals surface area contributed by atoms with Crippen molar-refractivity contribution in [3.05, 3.63) is 59.7 Å². The normalized spacial score (nSPS) is 10.8. The molecule has 8 nitrogen and oxygen atoms in total. The molecule has 0 amide bonds. The summed E-state index contributed by atoms with van der Waals surface area (Å²) in [6, 6.07) is 10.4. The molecular formula is C24H26O8. The summed E-state index contributed by atoms with van der Waals surface area (Å²) in [5, 5.41) is 0. The Balaban J connectivity index is 1.81. The summed E-state index contributed by atoms with van der Waals surface area (Å²) in [5.74, 6) is 1.27. The summed E-state index contributed by atoms with van der Waals surface area (Å²) < 4.78 is 30.9. The van der Waals surface area contributed by atoms with Crippen molar-refractivity contribution in [2.75, 3.05) is 41.7 Å². The highest BCUT2D eigenvalue weighted by molar-refractivity contribution is 5.88. The van der Waals surface area contributed by atoms with Crippen LogP contribution in [0.2, 0.25) is 0 Å². The molecule has 0 aromatic heterocycles. The first kappa shape index (κ1) is 24.3. The van der Waals surface area contributed by atoms with Gasteiger partial charge >= 0.3 is 11.9 Å². The highest BCUT2D eigenvalue weighted by Crippen LogP contribution is 2.26. The lowest BCUT2D eigenvalue weighted by molar-refractivity contribution is -0.145. The Bertz CT molecular complexity index is 898. The number of ether oxygens (including phenoxy) is 6. The number of hydrogen-bond acceptors (Lipinski definition) is 8. The third-order valence-corrected chi connectivity index (χ3v) is 4.24. The molecule has 0 radical (unpaired) electrons. The lowest BCUT2D eigenvalue weighted by Gasteiger charge is -2.07. The van der Waals surface area contributed by atoms with E-state index in [0.29, 0.717) is 34.1 Å². The minimum absolute atomic E-state index is 0.0829. The van der Waals surface area contributed by atoms with Gasteiger partial charge in [0.25, 0.3) is 0 Å². The monoisotopic (exact) mass is 442 g/mol. The topological polar surface area (TPSA) is 89.5 Å². The van der Waals surface area contributed by atoms with Crippen LogP contribution in [-0.2, 0) is 19.1 Å². The third-order valence-electron chi connectivity index (χ3n) is 4.24. The van der Waals surface area contributed by atoms with E-state index >= 15 is 0 Å². The maximum absolute atomic E-state index is 11.9. The molecular weight excluding hydrogens is 416 g/mol. The zero-order chi connectivity index (χ0) is 23.3. The quantitative estimate of drug-likeness (QED) is 0.297. The van der Waals surface area contributed by atoms with E-state index in [2.05, 4.69) is 0 Å². The molecule has 0 aliphatic carbocycles. The number of rotatable bonds is 11. The second-order valence-corrected chi connectivity index (χ2v) is 6.22. The predicted molar refractivity (Wildman–Crippen MR) is 119 cm³/mol. The van der Waals surface area contributed by atoms with Crippen molar-refractivity contribution in [3.63, 3.8) is 0 Å². The van der Waals surface area contributed by atoms with Crippen LogP contribution < -0.4 is 18.9 Å². The molecule has 0 N–H and O–H groups in total. The van der Waals surface area contributed by atoms with Crippen molar-refractivity contribution >= 4 is 24.1 Å². The first-order valence-corrected chi connectivity index (χ1v) is 9.64. The van der Waals surface area contributed by atoms with Gasteiger partial charge in [-0.1, -0.05) is 0 Å². The SMILES string of the molecule is COc1ccc(OC)c(/C=C/C(=O)OCCOC(=O)/C=C/c2cc(OC)ccc2OC)c1. The van der Waals surface area contributed by atoms with E-state index in [1.807, 2.05) is 0 Å². The third kappa shape index (κ3) is 7.39. The summed E-state index contributed by atoms with van der Waals surface area (Å²) in [6.45, 7) is -0.166. The molecule has 2 aromatic carbocycles. The van der Waals surface area contributed by atoms with Gasteiger partial charge in [-0.2, -0.15) is 0 Å². The number of carbonyl (C=O) groups excluding carboxylic acids is 2. The molecule has 0 atom stereocenters. The Morgan fingerprint density at radius 1 is 0.656 bits per heavy atom. The fraction of sp³-hybridized carbons (Fsp3) is 0.250. The first-order chi connectivity index (χ1) is 15.5. The Morgan fingerprint density at radius 2 is 1.06 bits per heavy atom. The van der Waals surface area contributed by atoms with Gasteiger partial charge in [-0.3, -0.25) is 0 Å². The van der Waals surface area contributed by atoms with E-state index in [-0.39, 0.29) is 13.2 Å². The first-order valence-electron chi connectivity index (χ1n) is 9.64. The number of hydrogen-bond donors (Lipinski definition) is 0. The molecule has 0 unspecified atom stereocenters. The van der Waals surface area contributed by atoms with Gasteiger partial charge in [0.05, 0.1) is 28.4 Å². The van der Waals surface area contributed by atoms with Gasteiger partial charge in [0.2, 0.25) is 0 Å². The second-order valence-electron chi connectivity index (χ2n) is 6.22. The van der Waals surface area contributed by atoms with E-state index in [1.54, 1.807) is 62.8 Å². The maximum atomic E-state index is 11.9. The fourth-order valence-electron chi connectivity index (χ4n) is 2.64. The molecule has 0 saturated carbocycles. The largest absolute Gasteiger partial charge is 0.497 e. The average molecular weight is 442 g/mol. The van der Waals surface area contributed by atoms with E-state index in [0.717, 1.165) is 0 Å². The smallest absolute Gasteiger partial charge is 0.330 e. The van der Waals surface area contributed by atoms with E-state index in [4.69, 9.17) is 28.4 Å². The molecule has 8 heteroatoms. The zero-order valence-corrected chi connectivity index (χ0v) is 18.5. The number of esters is 2. The Kier molecular flexibility index (Phi) is 9.65. The molecule has 170 valence electrons. The van der Waals surface area contributed by atoms with Crippen molar-refractivity contribution in [2.45, 2.75) is 0 Å². The molecule has 2 aromatic rings. The molecule has 0 saturated heterocycles. The summed E-state index contributed by atoms with van der Waals surface area (Å²) in [6.07, 6.45) is 5.63. The Hall–Kier alpha value is -3.94. The minimum atomic E-state index is -0.581. The second kappa shape index (κ2) is 12.7. The maximum Gasteiger partial charge on any atom is 0.330 e. The van der Waals surface area contributed by atoms with E-state index in [1.165, 1.54) is 26.4 Å². The zero-order valence-electron chi connectivity index (χ0n) is 18.5. The molecule has 2 rings (SSSR count). The highest BCUT2D eigenvalue weighted by Gasteiger charge is 2.06. The Labute approximate surface area is 186 Å². The van der Waals surface area contributed by atoms with Gasteiger partial charge in [-0.15, -0.1) is 0 Å². The minimum Gasteiger partial charge on any atom is -0.497 e. The van der Waals surface area contributed by atoms with Crippen molar-refractivity contribution in [3.8, 4) is 23.0 Å². The molecule has 0 heterocycles. The van der Waals surface area contributed by atoms with Crippen LogP contribution >= 0.6 is 0 Å². The van der Waals surface area contributed by atoms with Gasteiger partial charge < -0.3 is 28.4 Å². The van der Waals surface area contributed by atoms with Crippen molar-refractivity contribution in [1.82, 2.24) is 0 Å². The number of benzene rings is 2. The van der Waals surface area contributed by atoms with Gasteiger partial charge in [-0.25, -0.2) is 9.59 Å². The number of carbonyl (C=O) groups is 2. The van der Waals surface area contributed by atoms with Gasteiger partial charge in [0.1, 0.15) is 36.2 Å². The average Bonchev–Trinajstić information content (AvgIpc) is 2.83. The van der Waals surface area contributed by atoms with Crippen LogP contribution in [-0.4, -0.2) is 53.6 Å². The molecule has 0 bridgehead atoms. The lowest BCUT2D eigenvalue weighted by atomic mass is 10.1. The van der Waals surface area contributed by atoms with Crippen molar-refractivity contribution in [1.29, 1.82) is 0 Å². The summed E-state index contributed by atoms with van der Waals surface area (Å²) in [5.41, 5.74) is 1.32. The van der Waals surface area contributed by atoms with Gasteiger partial charge in [0, 0.05) is 23.3 Å². The molecule has 0 aliphatic rings. The van der Waals surface area contributed by atoms with Crippen LogP contribution in [0.4, 0.5) is 0 Å². The molecule has 32 heavy (non-hydrogen) atoms. The van der Waals surface area contributed by atoms with Crippen molar-refractivity contribution < 1.29 is 38.0 Å². The van der Waals surface area contributed by atoms with Gasteiger partial charge in [0.15, 0.2) is 0 Å². The van der Waals surface area contributed by atoms with Crippen LogP contribution in [0.1, 0.15) is 11.1 Å². The summed E-state index contributed by atoms with van der Waals surface area (Å²) in [4.78, 5) is 23.8. The number of methoxy groups -OCH3 is 4. The van der Waals surface area contributed by atoms with Crippen LogP contribution in [0.3, 0.4) is 0 Å². The van der Waals surface area contributed by atoms with Crippen LogP contribution in [0.15, 0.2) is 48.6 Å². The van der Waals surface area contributed by atoms with Crippen molar-refractivity contribution in [2.24, 2.45) is 0 Å². The standard InChI is InChI=1S/C24H26O8/c1-27-19-7-9-21(29-3)17(15-19)5-11-23(25)31-13-14-32-24(26)12-6-18-16-20(28-2)8-10-22(18)30-4/h5-12,15-16H,13-14H2,1-4H3/b11-5+,12-6+. The Morgan fingerprint density at radius 3 is 1.41 bits per heavy atom. The summed E-state index contributed by atoms with van der Waals surface area (Å²) >= 11 is 0. The molecule has 0 spiro atoms.